The molecule has 0 aliphatic carbocycles. The van der Waals surface area contributed by atoms with Crippen LogP contribution in [0.3, 0.4) is 0 Å². The van der Waals surface area contributed by atoms with Gasteiger partial charge in [-0.15, -0.1) is 0 Å². The highest BCUT2D eigenvalue weighted by Crippen LogP contribution is 2.19. The lowest BCUT2D eigenvalue weighted by Crippen LogP contribution is -2.18. The van der Waals surface area contributed by atoms with E-state index in [9.17, 15) is 19.2 Å². The molecule has 28 heteroatoms. The molecule has 9 aromatic heterocycles. The number of hydrogen-bond acceptors (Lipinski definition) is 21. The fraction of sp³-hybridized carbons (Fsp3) is 0.0727. The summed E-state index contributed by atoms with van der Waals surface area (Å²) in [6.45, 7) is 7.62. The van der Waals surface area contributed by atoms with E-state index in [1.807, 2.05) is 52.0 Å². The molecule has 11 rings (SSSR count). The van der Waals surface area contributed by atoms with E-state index < -0.39 is 0 Å². The molecule has 0 bridgehead atoms. The average molecular weight is 1110 g/mol. The summed E-state index contributed by atoms with van der Waals surface area (Å²) in [5, 5.41) is 19.4. The van der Waals surface area contributed by atoms with Crippen molar-refractivity contribution in [1.82, 2.24) is 79.0 Å². The number of benzene rings is 2. The lowest BCUT2D eigenvalue weighted by Gasteiger charge is -2.11. The summed E-state index contributed by atoms with van der Waals surface area (Å²) in [5.41, 5.74) is 27.4. The second-order valence-corrected chi connectivity index (χ2v) is 17.4. The fourth-order valence-corrected chi connectivity index (χ4v) is 7.36. The molecule has 0 saturated carbocycles. The summed E-state index contributed by atoms with van der Waals surface area (Å²) < 4.78 is 5.02. The minimum atomic E-state index is -0.366. The van der Waals surface area contributed by atoms with Gasteiger partial charge in [0.2, 0.25) is 23.8 Å². The molecule has 4 amide bonds. The molecule has 0 aliphatic heterocycles. The number of aromatic nitrogens is 16. The van der Waals surface area contributed by atoms with Crippen molar-refractivity contribution in [3.63, 3.8) is 0 Å². The molecule has 83 heavy (non-hydrogen) atoms. The van der Waals surface area contributed by atoms with Crippen LogP contribution < -0.4 is 44.2 Å². The number of anilines is 8. The number of nitrogens with two attached hydrogens (primary N) is 4. The smallest absolute Gasteiger partial charge is 0.258 e. The number of imidazole rings is 1. The number of aryl methyl sites for hydroxylation is 4. The summed E-state index contributed by atoms with van der Waals surface area (Å²) in [5.74, 6) is 1.91. The molecular formula is C55H52N24O4. The fourth-order valence-electron chi connectivity index (χ4n) is 7.36. The molecule has 9 heterocycles. The zero-order valence-electron chi connectivity index (χ0n) is 44.8. The van der Waals surface area contributed by atoms with Gasteiger partial charge in [-0.3, -0.25) is 44.3 Å². The minimum absolute atomic E-state index is 0.0577. The van der Waals surface area contributed by atoms with Crippen molar-refractivity contribution < 1.29 is 19.2 Å². The van der Waals surface area contributed by atoms with Crippen LogP contribution in [0.4, 0.5) is 47.1 Å². The van der Waals surface area contributed by atoms with E-state index in [-0.39, 0.29) is 59.1 Å². The number of nitrogens with zero attached hydrogens (tertiary/aromatic N) is 16. The molecule has 28 nitrogen and oxygen atoms in total. The lowest BCUT2D eigenvalue weighted by molar-refractivity contribution is 0.101. The van der Waals surface area contributed by atoms with Gasteiger partial charge in [0.25, 0.3) is 23.6 Å². The Labute approximate surface area is 472 Å². The molecular weight excluding hydrogens is 1060 g/mol. The summed E-state index contributed by atoms with van der Waals surface area (Å²) in [7, 11) is 0. The standard InChI is InChI=1S/C23H20N6O2.C16H12N6O2.C9H12N6.C7H8N6/c1-15-13-16(2)29(28-15)20-14-19(24-21(30)17-9-5-3-6-10-17)25-23(26-20)27-22(31)18-11-7-4-8-12-18;23-14(11-1-6-17-7-2-11)20-13-5-10-19-16(21-13)22-15(24)12-3-8-18-9-4-12;1-5-3-6(2)15(14-5)8-4-7(10)12-9(11)13-8;8-5-3-6(12-7(9)11-5)13-2-1-10-4-13/h3-14H,1-2H3,(H2,24,25,26,27,30,31);1-10H,(H2,19,20,21,22,23,24);3-4H,1-2H3,(H4,10,11,12,13);1-4H,(H4,8,9,11,12). The molecule has 2 aromatic carbocycles. The third-order valence-corrected chi connectivity index (χ3v) is 11.0. The minimum Gasteiger partial charge on any atom is -0.383 e. The zero-order valence-corrected chi connectivity index (χ0v) is 44.8. The summed E-state index contributed by atoms with van der Waals surface area (Å²) in [4.78, 5) is 93.3. The third kappa shape index (κ3) is 16.2. The molecule has 0 atom stereocenters. The maximum Gasteiger partial charge on any atom is 0.258 e. The maximum absolute atomic E-state index is 12.6. The Kier molecular flexibility index (Phi) is 18.5. The van der Waals surface area contributed by atoms with Crippen LogP contribution in [0.15, 0.2) is 171 Å². The zero-order chi connectivity index (χ0) is 58.8. The largest absolute Gasteiger partial charge is 0.383 e. The highest BCUT2D eigenvalue weighted by atomic mass is 16.2. The predicted octanol–water partition coefficient (Wildman–Crippen LogP) is 5.83. The van der Waals surface area contributed by atoms with Crippen LogP contribution in [0.25, 0.3) is 17.5 Å². The van der Waals surface area contributed by atoms with Gasteiger partial charge in [-0.25, -0.2) is 19.3 Å². The summed E-state index contributed by atoms with van der Waals surface area (Å²) in [6, 6.07) is 34.1. The summed E-state index contributed by atoms with van der Waals surface area (Å²) in [6.07, 6.45) is 12.5. The first kappa shape index (κ1) is 57.0. The van der Waals surface area contributed by atoms with Crippen molar-refractivity contribution in [3.8, 4) is 17.5 Å². The van der Waals surface area contributed by atoms with E-state index in [1.165, 1.54) is 37.1 Å². The SMILES string of the molecule is Cc1cc(C)n(-c2cc(N)nc(N)n2)n1.Cc1cc(C)n(-c2cc(NC(=O)c3ccccc3)nc(NC(=O)c3ccccc3)n2)n1.Nc1cc(-n2ccnc2)nc(N)n1.O=C(Nc1ccnc(NC(=O)c2ccncc2)n1)c1ccncc1. The third-order valence-electron chi connectivity index (χ3n) is 11.0. The Hall–Kier alpha value is -12.2. The topological polar surface area (TPSA) is 403 Å². The van der Waals surface area contributed by atoms with E-state index in [1.54, 1.807) is 124 Å². The van der Waals surface area contributed by atoms with Gasteiger partial charge in [0.15, 0.2) is 11.6 Å². The van der Waals surface area contributed by atoms with E-state index in [0.29, 0.717) is 51.3 Å². The van der Waals surface area contributed by atoms with E-state index in [0.717, 1.165) is 22.8 Å². The van der Waals surface area contributed by atoms with Gasteiger partial charge in [-0.2, -0.15) is 45.1 Å². The number of rotatable bonds is 11. The average Bonchev–Trinajstić information content (AvgIpc) is 4.29. The molecule has 11 aromatic rings. The number of pyridine rings is 2. The number of nitrogens with one attached hydrogen (secondary N) is 4. The van der Waals surface area contributed by atoms with Crippen molar-refractivity contribution >= 4 is 70.7 Å². The van der Waals surface area contributed by atoms with Gasteiger partial charge in [0.05, 0.1) is 11.4 Å². The number of carbonyl (C=O) groups excluding carboxylic acids is 4. The van der Waals surface area contributed by atoms with Crippen molar-refractivity contribution in [2.75, 3.05) is 44.2 Å². The Balaban J connectivity index is 0.000000153. The first-order chi connectivity index (χ1) is 40.0. The second kappa shape index (κ2) is 26.9. The number of nitrogen functional groups attached to an aromatic ring is 4. The van der Waals surface area contributed by atoms with E-state index in [4.69, 9.17) is 22.9 Å². The molecule has 0 saturated heterocycles. The van der Waals surface area contributed by atoms with Crippen molar-refractivity contribution in [2.24, 2.45) is 0 Å². The van der Waals surface area contributed by atoms with Crippen LogP contribution in [-0.2, 0) is 0 Å². The maximum atomic E-state index is 12.6. The van der Waals surface area contributed by atoms with Gasteiger partial charge >= 0.3 is 0 Å². The molecule has 12 N–H and O–H groups in total. The van der Waals surface area contributed by atoms with Gasteiger partial charge < -0.3 is 33.6 Å². The van der Waals surface area contributed by atoms with Crippen LogP contribution >= 0.6 is 0 Å². The number of amides is 4. The van der Waals surface area contributed by atoms with Crippen LogP contribution in [0.1, 0.15) is 64.2 Å². The van der Waals surface area contributed by atoms with E-state index in [2.05, 4.69) is 86.3 Å². The van der Waals surface area contributed by atoms with Crippen LogP contribution in [0, 0.1) is 27.7 Å². The van der Waals surface area contributed by atoms with Crippen LogP contribution in [-0.4, -0.2) is 103 Å². The molecule has 0 aliphatic rings. The predicted molar refractivity (Wildman–Crippen MR) is 309 cm³/mol. The summed E-state index contributed by atoms with van der Waals surface area (Å²) >= 11 is 0. The Morgan fingerprint density at radius 2 is 0.855 bits per heavy atom. The van der Waals surface area contributed by atoms with Crippen molar-refractivity contribution in [2.45, 2.75) is 27.7 Å². The highest BCUT2D eigenvalue weighted by Gasteiger charge is 2.16. The monoisotopic (exact) mass is 1110 g/mol. The molecule has 416 valence electrons. The second-order valence-electron chi connectivity index (χ2n) is 17.4. The van der Waals surface area contributed by atoms with Crippen LogP contribution in [0.2, 0.25) is 0 Å². The first-order valence-corrected chi connectivity index (χ1v) is 24.8. The highest BCUT2D eigenvalue weighted by molar-refractivity contribution is 6.06. The Morgan fingerprint density at radius 1 is 0.410 bits per heavy atom. The quantitative estimate of drug-likeness (QED) is 0.0755. The molecule has 0 fully saturated rings. The Morgan fingerprint density at radius 3 is 1.34 bits per heavy atom. The molecule has 0 unspecified atom stereocenters. The first-order valence-electron chi connectivity index (χ1n) is 24.8. The van der Waals surface area contributed by atoms with E-state index >= 15 is 0 Å². The van der Waals surface area contributed by atoms with Crippen LogP contribution in [0.5, 0.6) is 0 Å². The lowest BCUT2D eigenvalue weighted by atomic mass is 10.2. The molecule has 0 radical (unpaired) electrons. The van der Waals surface area contributed by atoms with Crippen molar-refractivity contribution in [1.29, 1.82) is 0 Å². The van der Waals surface area contributed by atoms with Gasteiger partial charge in [-0.1, -0.05) is 36.4 Å². The van der Waals surface area contributed by atoms with Gasteiger partial charge in [0.1, 0.15) is 35.4 Å². The Bertz CT molecular complexity index is 3810. The van der Waals surface area contributed by atoms with Gasteiger partial charge in [0, 0.05) is 95.2 Å². The van der Waals surface area contributed by atoms with Crippen molar-refractivity contribution in [3.05, 3.63) is 216 Å². The van der Waals surface area contributed by atoms with Gasteiger partial charge in [-0.05, 0) is 94.4 Å². The number of hydrogen-bond donors (Lipinski definition) is 8. The normalized spacial score (nSPS) is 10.3. The molecule has 0 spiro atoms. The number of carbonyl (C=O) groups is 4.